The molecular formula is C19H20ClNO3. The van der Waals surface area contributed by atoms with Crippen LogP contribution in [0.5, 0.6) is 0 Å². The van der Waals surface area contributed by atoms with E-state index in [0.29, 0.717) is 10.6 Å². The molecule has 2 N–H and O–H groups in total. The second-order valence-corrected chi connectivity index (χ2v) is 6.08. The number of Topliss-reactive ketones (excluding diaryl/α,β-unsaturated/α-hetero) is 1. The van der Waals surface area contributed by atoms with E-state index in [1.54, 1.807) is 36.4 Å². The van der Waals surface area contributed by atoms with Gasteiger partial charge in [-0.2, -0.15) is 0 Å². The number of amides is 1. The number of aliphatic hydroxyl groups is 1. The summed E-state index contributed by atoms with van der Waals surface area (Å²) in [6.07, 6.45) is 0.213. The monoisotopic (exact) mass is 345 g/mol. The molecule has 0 spiro atoms. The smallest absolute Gasteiger partial charge is 0.221 e. The summed E-state index contributed by atoms with van der Waals surface area (Å²) < 4.78 is 0. The molecule has 2 aromatic carbocycles. The standard InChI is InChI=1S/C19H20ClNO3/c1-13-2-4-15(5-3-13)18(23)10-11-19(24)21-17(12-22)14-6-8-16(20)9-7-14/h2-9,17,22H,10-12H2,1H3,(H,21,24). The first-order chi connectivity index (χ1) is 11.5. The molecule has 0 saturated heterocycles. The van der Waals surface area contributed by atoms with Crippen molar-refractivity contribution in [3.63, 3.8) is 0 Å². The quantitative estimate of drug-likeness (QED) is 0.755. The lowest BCUT2D eigenvalue weighted by atomic mass is 10.0. The first kappa shape index (κ1) is 18.2. The molecule has 0 bridgehead atoms. The van der Waals surface area contributed by atoms with Crippen molar-refractivity contribution in [3.05, 3.63) is 70.2 Å². The largest absolute Gasteiger partial charge is 0.394 e. The number of aryl methyl sites for hydroxylation is 1. The van der Waals surface area contributed by atoms with E-state index in [4.69, 9.17) is 11.6 Å². The zero-order chi connectivity index (χ0) is 17.5. The Labute approximate surface area is 146 Å². The van der Waals surface area contributed by atoms with Crippen molar-refractivity contribution in [2.45, 2.75) is 25.8 Å². The molecule has 0 radical (unpaired) electrons. The summed E-state index contributed by atoms with van der Waals surface area (Å²) in [4.78, 5) is 24.1. The van der Waals surface area contributed by atoms with Crippen molar-refractivity contribution >= 4 is 23.3 Å². The zero-order valence-corrected chi connectivity index (χ0v) is 14.2. The van der Waals surface area contributed by atoms with Crippen LogP contribution in [-0.4, -0.2) is 23.4 Å². The molecule has 0 heterocycles. The molecule has 126 valence electrons. The first-order valence-corrected chi connectivity index (χ1v) is 8.13. The summed E-state index contributed by atoms with van der Waals surface area (Å²) in [7, 11) is 0. The van der Waals surface area contributed by atoms with Gasteiger partial charge in [-0.05, 0) is 24.6 Å². The third-order valence-electron chi connectivity index (χ3n) is 3.74. The van der Waals surface area contributed by atoms with Gasteiger partial charge >= 0.3 is 0 Å². The van der Waals surface area contributed by atoms with E-state index < -0.39 is 6.04 Å². The lowest BCUT2D eigenvalue weighted by molar-refractivity contribution is -0.122. The summed E-state index contributed by atoms with van der Waals surface area (Å²) >= 11 is 5.83. The third kappa shape index (κ3) is 5.18. The topological polar surface area (TPSA) is 66.4 Å². The Kier molecular flexibility index (Phi) is 6.53. The lowest BCUT2D eigenvalue weighted by Crippen LogP contribution is -2.31. The Morgan fingerprint density at radius 3 is 2.25 bits per heavy atom. The number of nitrogens with one attached hydrogen (secondary N) is 1. The summed E-state index contributed by atoms with van der Waals surface area (Å²) in [6.45, 7) is 1.73. The maximum absolute atomic E-state index is 12.1. The van der Waals surface area contributed by atoms with Gasteiger partial charge in [0.2, 0.25) is 5.91 Å². The zero-order valence-electron chi connectivity index (χ0n) is 13.5. The number of carbonyl (C=O) groups excluding carboxylic acids is 2. The molecule has 1 amide bonds. The molecule has 2 aromatic rings. The molecule has 1 atom stereocenters. The van der Waals surface area contributed by atoms with Crippen molar-refractivity contribution < 1.29 is 14.7 Å². The van der Waals surface area contributed by atoms with Crippen LogP contribution >= 0.6 is 11.6 Å². The Bertz CT molecular complexity index is 696. The van der Waals surface area contributed by atoms with Crippen LogP contribution in [0, 0.1) is 6.92 Å². The molecule has 0 aliphatic carbocycles. The van der Waals surface area contributed by atoms with Gasteiger partial charge in [-0.3, -0.25) is 9.59 Å². The van der Waals surface area contributed by atoms with Crippen LogP contribution in [0.1, 0.15) is 40.4 Å². The number of ketones is 1. The van der Waals surface area contributed by atoms with Gasteiger partial charge in [-0.25, -0.2) is 0 Å². The number of carbonyl (C=O) groups is 2. The lowest BCUT2D eigenvalue weighted by Gasteiger charge is -2.16. The first-order valence-electron chi connectivity index (χ1n) is 7.75. The van der Waals surface area contributed by atoms with Crippen LogP contribution in [0.3, 0.4) is 0 Å². The normalized spacial score (nSPS) is 11.8. The fourth-order valence-corrected chi connectivity index (χ4v) is 2.43. The summed E-state index contributed by atoms with van der Waals surface area (Å²) in [5.74, 6) is -0.346. The predicted octanol–water partition coefficient (Wildman–Crippen LogP) is 3.46. The minimum absolute atomic E-state index is 0.0720. The summed E-state index contributed by atoms with van der Waals surface area (Å²) in [6, 6.07) is 13.7. The number of hydrogen-bond donors (Lipinski definition) is 2. The summed E-state index contributed by atoms with van der Waals surface area (Å²) in [5.41, 5.74) is 2.45. The Balaban J connectivity index is 1.88. The van der Waals surface area contributed by atoms with Crippen molar-refractivity contribution in [1.29, 1.82) is 0 Å². The maximum atomic E-state index is 12.1. The highest BCUT2D eigenvalue weighted by molar-refractivity contribution is 6.30. The van der Waals surface area contributed by atoms with Crippen LogP contribution in [0.4, 0.5) is 0 Å². The van der Waals surface area contributed by atoms with Gasteiger partial charge in [-0.15, -0.1) is 0 Å². The SMILES string of the molecule is Cc1ccc(C(=O)CCC(=O)NC(CO)c2ccc(Cl)cc2)cc1. The molecular weight excluding hydrogens is 326 g/mol. The number of aliphatic hydroxyl groups excluding tert-OH is 1. The second kappa shape index (κ2) is 8.62. The Morgan fingerprint density at radius 1 is 1.04 bits per heavy atom. The Morgan fingerprint density at radius 2 is 1.67 bits per heavy atom. The van der Waals surface area contributed by atoms with Crippen molar-refractivity contribution in [3.8, 4) is 0 Å². The second-order valence-electron chi connectivity index (χ2n) is 5.64. The number of benzene rings is 2. The van der Waals surface area contributed by atoms with E-state index in [2.05, 4.69) is 5.32 Å². The highest BCUT2D eigenvalue weighted by atomic mass is 35.5. The minimum Gasteiger partial charge on any atom is -0.394 e. The number of rotatable bonds is 7. The van der Waals surface area contributed by atoms with E-state index in [-0.39, 0.29) is 31.1 Å². The maximum Gasteiger partial charge on any atom is 0.221 e. The molecule has 5 heteroatoms. The molecule has 0 saturated carbocycles. The van der Waals surface area contributed by atoms with E-state index in [1.165, 1.54) is 0 Å². The van der Waals surface area contributed by atoms with Gasteiger partial charge in [0.25, 0.3) is 0 Å². The van der Waals surface area contributed by atoms with Gasteiger partial charge in [-0.1, -0.05) is 53.6 Å². The number of halogens is 1. The van der Waals surface area contributed by atoms with E-state index in [9.17, 15) is 14.7 Å². The molecule has 4 nitrogen and oxygen atoms in total. The van der Waals surface area contributed by atoms with Crippen LogP contribution < -0.4 is 5.32 Å². The van der Waals surface area contributed by atoms with Crippen LogP contribution in [-0.2, 0) is 4.79 Å². The highest BCUT2D eigenvalue weighted by Gasteiger charge is 2.15. The molecule has 0 fully saturated rings. The van der Waals surface area contributed by atoms with E-state index in [0.717, 1.165) is 11.1 Å². The summed E-state index contributed by atoms with van der Waals surface area (Å²) in [5, 5.41) is 12.8. The molecule has 0 aliphatic heterocycles. The fourth-order valence-electron chi connectivity index (χ4n) is 2.31. The van der Waals surface area contributed by atoms with Gasteiger partial charge < -0.3 is 10.4 Å². The molecule has 0 aliphatic rings. The van der Waals surface area contributed by atoms with Gasteiger partial charge in [0.05, 0.1) is 12.6 Å². The van der Waals surface area contributed by atoms with Crippen LogP contribution in [0.15, 0.2) is 48.5 Å². The molecule has 0 aromatic heterocycles. The van der Waals surface area contributed by atoms with Crippen molar-refractivity contribution in [2.24, 2.45) is 0 Å². The van der Waals surface area contributed by atoms with Crippen molar-refractivity contribution in [1.82, 2.24) is 5.32 Å². The molecule has 24 heavy (non-hydrogen) atoms. The third-order valence-corrected chi connectivity index (χ3v) is 3.99. The molecule has 2 rings (SSSR count). The van der Waals surface area contributed by atoms with Gasteiger partial charge in [0, 0.05) is 23.4 Å². The highest BCUT2D eigenvalue weighted by Crippen LogP contribution is 2.16. The number of hydrogen-bond acceptors (Lipinski definition) is 3. The van der Waals surface area contributed by atoms with Crippen molar-refractivity contribution in [2.75, 3.05) is 6.61 Å². The Hall–Kier alpha value is -2.17. The minimum atomic E-state index is -0.510. The molecule has 1 unspecified atom stereocenters. The predicted molar refractivity (Wildman–Crippen MR) is 94.2 cm³/mol. The van der Waals surface area contributed by atoms with Gasteiger partial charge in [0.15, 0.2) is 5.78 Å². The van der Waals surface area contributed by atoms with Gasteiger partial charge in [0.1, 0.15) is 0 Å². The average molecular weight is 346 g/mol. The van der Waals surface area contributed by atoms with Crippen LogP contribution in [0.2, 0.25) is 5.02 Å². The fraction of sp³-hybridized carbons (Fsp3) is 0.263. The van der Waals surface area contributed by atoms with Crippen LogP contribution in [0.25, 0.3) is 0 Å². The average Bonchev–Trinajstić information content (AvgIpc) is 2.59. The van der Waals surface area contributed by atoms with E-state index >= 15 is 0 Å². The van der Waals surface area contributed by atoms with E-state index in [1.807, 2.05) is 19.1 Å².